The third-order valence-corrected chi connectivity index (χ3v) is 5.59. The Hall–Kier alpha value is -4.20. The van der Waals surface area contributed by atoms with Crippen LogP contribution in [-0.2, 0) is 6.18 Å². The van der Waals surface area contributed by atoms with Gasteiger partial charge in [0.15, 0.2) is 5.65 Å². The monoisotopic (exact) mass is 459 g/mol. The van der Waals surface area contributed by atoms with Gasteiger partial charge in [-0.3, -0.25) is 4.98 Å². The number of aromatic nitrogens is 4. The fraction of sp³-hybridized carbons (Fsp3) is 0.115. The van der Waals surface area contributed by atoms with Crippen molar-refractivity contribution in [1.29, 1.82) is 0 Å². The number of pyridine rings is 2. The minimum atomic E-state index is -4.42. The van der Waals surface area contributed by atoms with E-state index in [-0.39, 0.29) is 0 Å². The third kappa shape index (κ3) is 4.22. The van der Waals surface area contributed by atoms with Crippen LogP contribution >= 0.6 is 0 Å². The average molecular weight is 459 g/mol. The van der Waals surface area contributed by atoms with Gasteiger partial charge in [-0.25, -0.2) is 4.52 Å². The van der Waals surface area contributed by atoms with Crippen LogP contribution in [0, 0.1) is 13.8 Å². The van der Waals surface area contributed by atoms with E-state index in [2.05, 4.69) is 20.4 Å². The number of nitrogens with zero attached hydrogens (tertiary/aromatic N) is 4. The molecule has 0 aliphatic carbocycles. The van der Waals surface area contributed by atoms with Crippen LogP contribution in [0.5, 0.6) is 0 Å². The number of rotatable bonds is 4. The Kier molecular flexibility index (Phi) is 5.28. The van der Waals surface area contributed by atoms with E-state index in [9.17, 15) is 13.2 Å². The van der Waals surface area contributed by atoms with E-state index in [1.807, 2.05) is 43.3 Å². The van der Waals surface area contributed by atoms with Crippen LogP contribution in [0.4, 0.5) is 24.8 Å². The summed E-state index contributed by atoms with van der Waals surface area (Å²) in [5.41, 5.74) is 5.41. The topological polar surface area (TPSA) is 55.1 Å². The lowest BCUT2D eigenvalue weighted by molar-refractivity contribution is -0.137. The summed E-state index contributed by atoms with van der Waals surface area (Å²) in [5, 5.41) is 7.63. The predicted molar refractivity (Wildman–Crippen MR) is 126 cm³/mol. The number of anilines is 2. The Balaban J connectivity index is 1.47. The van der Waals surface area contributed by atoms with Crippen molar-refractivity contribution in [3.05, 3.63) is 95.9 Å². The molecule has 0 aliphatic rings. The first-order valence-corrected chi connectivity index (χ1v) is 10.6. The molecular weight excluding hydrogens is 439 g/mol. The molecule has 34 heavy (non-hydrogen) atoms. The van der Waals surface area contributed by atoms with Crippen molar-refractivity contribution in [3.8, 4) is 22.3 Å². The van der Waals surface area contributed by atoms with Crippen LogP contribution in [0.2, 0.25) is 0 Å². The van der Waals surface area contributed by atoms with Crippen LogP contribution < -0.4 is 5.32 Å². The molecule has 0 bridgehead atoms. The molecule has 0 saturated carbocycles. The molecule has 5 rings (SSSR count). The molecule has 3 aromatic heterocycles. The van der Waals surface area contributed by atoms with E-state index in [1.54, 1.807) is 36.0 Å². The molecular formula is C26H20F3N5. The molecule has 0 atom stereocenters. The van der Waals surface area contributed by atoms with Crippen molar-refractivity contribution in [1.82, 2.24) is 19.6 Å². The quantitative estimate of drug-likeness (QED) is 0.320. The Morgan fingerprint density at radius 1 is 0.853 bits per heavy atom. The molecule has 0 aliphatic heterocycles. The van der Waals surface area contributed by atoms with Crippen molar-refractivity contribution in [2.24, 2.45) is 0 Å². The normalized spacial score (nSPS) is 11.7. The molecule has 0 unspecified atom stereocenters. The number of hydrogen-bond donors (Lipinski definition) is 1. The summed E-state index contributed by atoms with van der Waals surface area (Å²) in [6, 6.07) is 19.0. The fourth-order valence-electron chi connectivity index (χ4n) is 3.86. The molecule has 1 N–H and O–H groups in total. The average Bonchev–Trinajstić information content (AvgIpc) is 3.22. The summed E-state index contributed by atoms with van der Waals surface area (Å²) < 4.78 is 41.4. The summed E-state index contributed by atoms with van der Waals surface area (Å²) in [7, 11) is 0. The Morgan fingerprint density at radius 2 is 1.65 bits per heavy atom. The Labute approximate surface area is 193 Å². The number of hydrogen-bond acceptors (Lipinski definition) is 4. The van der Waals surface area contributed by atoms with Gasteiger partial charge in [0.05, 0.1) is 5.56 Å². The molecule has 0 fully saturated rings. The van der Waals surface area contributed by atoms with Crippen LogP contribution in [0.3, 0.4) is 0 Å². The SMILES string of the molecule is Cc1cc(-c2ccc(Nc3nc4c(-c5cc(C(F)(F)F)ccc5C)cccn4n3)cc2)ccn1. The number of halogens is 3. The van der Waals surface area contributed by atoms with Gasteiger partial charge in [0.1, 0.15) is 0 Å². The molecule has 0 amide bonds. The molecule has 8 heteroatoms. The molecule has 5 aromatic rings. The van der Waals surface area contributed by atoms with Crippen LogP contribution in [-0.4, -0.2) is 19.6 Å². The number of fused-ring (bicyclic) bond motifs is 1. The zero-order valence-corrected chi connectivity index (χ0v) is 18.4. The van der Waals surface area contributed by atoms with E-state index in [0.29, 0.717) is 22.7 Å². The second kappa shape index (κ2) is 8.30. The maximum absolute atomic E-state index is 13.3. The van der Waals surface area contributed by atoms with Gasteiger partial charge in [0.25, 0.3) is 0 Å². The van der Waals surface area contributed by atoms with Crippen molar-refractivity contribution in [2.75, 3.05) is 5.32 Å². The van der Waals surface area contributed by atoms with E-state index >= 15 is 0 Å². The molecule has 170 valence electrons. The number of aryl methyl sites for hydroxylation is 2. The van der Waals surface area contributed by atoms with Crippen LogP contribution in [0.1, 0.15) is 16.8 Å². The van der Waals surface area contributed by atoms with Gasteiger partial charge < -0.3 is 5.32 Å². The largest absolute Gasteiger partial charge is 0.416 e. The van der Waals surface area contributed by atoms with Gasteiger partial charge in [-0.15, -0.1) is 5.10 Å². The lowest BCUT2D eigenvalue weighted by Gasteiger charge is -2.12. The van der Waals surface area contributed by atoms with Gasteiger partial charge in [-0.05, 0) is 84.6 Å². The molecule has 2 aromatic carbocycles. The van der Waals surface area contributed by atoms with E-state index < -0.39 is 11.7 Å². The number of benzene rings is 2. The Bertz CT molecular complexity index is 1490. The first-order chi connectivity index (χ1) is 16.3. The fourth-order valence-corrected chi connectivity index (χ4v) is 3.86. The summed E-state index contributed by atoms with van der Waals surface area (Å²) >= 11 is 0. The van der Waals surface area contributed by atoms with Crippen molar-refractivity contribution in [2.45, 2.75) is 20.0 Å². The van der Waals surface area contributed by atoms with Gasteiger partial charge in [0, 0.05) is 29.3 Å². The minimum absolute atomic E-state index is 0.351. The van der Waals surface area contributed by atoms with E-state index in [4.69, 9.17) is 0 Å². The van der Waals surface area contributed by atoms with E-state index in [1.165, 1.54) is 6.07 Å². The first kappa shape index (κ1) is 21.6. The Morgan fingerprint density at radius 3 is 2.38 bits per heavy atom. The van der Waals surface area contributed by atoms with Crippen LogP contribution in [0.15, 0.2) is 79.1 Å². The highest BCUT2D eigenvalue weighted by molar-refractivity contribution is 5.80. The van der Waals surface area contributed by atoms with Crippen molar-refractivity contribution < 1.29 is 13.2 Å². The van der Waals surface area contributed by atoms with Gasteiger partial charge in [-0.1, -0.05) is 18.2 Å². The number of alkyl halides is 3. The summed E-state index contributed by atoms with van der Waals surface area (Å²) in [5.74, 6) is 0.351. The summed E-state index contributed by atoms with van der Waals surface area (Å²) in [4.78, 5) is 8.78. The molecule has 0 radical (unpaired) electrons. The highest BCUT2D eigenvalue weighted by Crippen LogP contribution is 2.35. The maximum Gasteiger partial charge on any atom is 0.416 e. The zero-order chi connectivity index (χ0) is 23.9. The van der Waals surface area contributed by atoms with Gasteiger partial charge in [-0.2, -0.15) is 18.2 Å². The lowest BCUT2D eigenvalue weighted by atomic mass is 9.98. The minimum Gasteiger partial charge on any atom is -0.323 e. The van der Waals surface area contributed by atoms with Crippen molar-refractivity contribution in [3.63, 3.8) is 0 Å². The molecule has 0 saturated heterocycles. The third-order valence-electron chi connectivity index (χ3n) is 5.59. The first-order valence-electron chi connectivity index (χ1n) is 10.6. The zero-order valence-electron chi connectivity index (χ0n) is 18.4. The lowest BCUT2D eigenvalue weighted by Crippen LogP contribution is -2.05. The number of nitrogens with one attached hydrogen (secondary N) is 1. The predicted octanol–water partition coefficient (Wildman–Crippen LogP) is 6.84. The van der Waals surface area contributed by atoms with Gasteiger partial charge >= 0.3 is 6.18 Å². The summed E-state index contributed by atoms with van der Waals surface area (Å²) in [6.07, 6.45) is -0.926. The van der Waals surface area contributed by atoms with E-state index in [0.717, 1.165) is 40.2 Å². The second-order valence-corrected chi connectivity index (χ2v) is 8.04. The smallest absolute Gasteiger partial charge is 0.323 e. The van der Waals surface area contributed by atoms with Crippen molar-refractivity contribution >= 4 is 17.3 Å². The standard InChI is InChI=1S/C26H20F3N5/c1-16-5-8-20(26(27,28)29)15-23(16)22-4-3-13-34-24(22)32-25(33-34)31-21-9-6-18(7-10-21)19-11-12-30-17(2)14-19/h3-15H,1-2H3,(H,31,33). The van der Waals surface area contributed by atoms with Gasteiger partial charge in [0.2, 0.25) is 5.95 Å². The highest BCUT2D eigenvalue weighted by Gasteiger charge is 2.31. The van der Waals surface area contributed by atoms with Crippen LogP contribution in [0.25, 0.3) is 27.9 Å². The highest BCUT2D eigenvalue weighted by atomic mass is 19.4. The summed E-state index contributed by atoms with van der Waals surface area (Å²) in [6.45, 7) is 3.73. The maximum atomic E-state index is 13.3. The molecule has 5 nitrogen and oxygen atoms in total. The second-order valence-electron chi connectivity index (χ2n) is 8.04. The molecule has 0 spiro atoms. The molecule has 3 heterocycles.